The predicted octanol–water partition coefficient (Wildman–Crippen LogP) is 4.47. The molecule has 0 unspecified atom stereocenters. The van der Waals surface area contributed by atoms with Crippen LogP contribution in [0.2, 0.25) is 0 Å². The summed E-state index contributed by atoms with van der Waals surface area (Å²) in [4.78, 5) is 2.48. The normalized spacial score (nSPS) is 22.9. The maximum absolute atomic E-state index is 5.93. The van der Waals surface area contributed by atoms with Crippen LogP contribution < -0.4 is 0 Å². The molecule has 112 valence electrons. The highest BCUT2D eigenvalue weighted by atomic mass is 16.5. The molecule has 2 nitrogen and oxygen atoms in total. The molecular weight excluding hydrogens is 246 g/mol. The minimum atomic E-state index is 0.781. The van der Waals surface area contributed by atoms with Crippen molar-refractivity contribution in [2.75, 3.05) is 26.2 Å². The average Bonchev–Trinajstić information content (AvgIpc) is 2.46. The fraction of sp³-hybridized carbons (Fsp3) is 0.556. The van der Waals surface area contributed by atoms with E-state index in [9.17, 15) is 0 Å². The molecule has 0 fully saturated rings. The van der Waals surface area contributed by atoms with Gasteiger partial charge in [-0.05, 0) is 38.4 Å². The van der Waals surface area contributed by atoms with Gasteiger partial charge in [0.25, 0.3) is 0 Å². The monoisotopic (exact) mass is 275 g/mol. The lowest BCUT2D eigenvalue weighted by atomic mass is 10.2. The third-order valence-corrected chi connectivity index (χ3v) is 3.17. The van der Waals surface area contributed by atoms with E-state index in [1.54, 1.807) is 0 Å². The minimum absolute atomic E-state index is 0.781. The van der Waals surface area contributed by atoms with E-state index in [2.05, 4.69) is 61.3 Å². The highest BCUT2D eigenvalue weighted by Gasteiger charge is 2.03. The Morgan fingerprint density at radius 3 is 2.40 bits per heavy atom. The van der Waals surface area contributed by atoms with Crippen molar-refractivity contribution in [1.29, 1.82) is 0 Å². The molecule has 20 heavy (non-hydrogen) atoms. The summed E-state index contributed by atoms with van der Waals surface area (Å²) >= 11 is 0. The summed E-state index contributed by atoms with van der Waals surface area (Å²) in [6.07, 6.45) is 19.1. The van der Waals surface area contributed by atoms with Gasteiger partial charge in [0, 0.05) is 13.0 Å². The van der Waals surface area contributed by atoms with Gasteiger partial charge in [-0.15, -0.1) is 0 Å². The van der Waals surface area contributed by atoms with E-state index in [0.29, 0.717) is 0 Å². The van der Waals surface area contributed by atoms with Crippen LogP contribution in [0.5, 0.6) is 0 Å². The van der Waals surface area contributed by atoms with Gasteiger partial charge in [-0.3, -0.25) is 4.90 Å². The van der Waals surface area contributed by atoms with Crippen LogP contribution in [-0.4, -0.2) is 31.1 Å². The fourth-order valence-corrected chi connectivity index (χ4v) is 2.20. The van der Waals surface area contributed by atoms with Gasteiger partial charge in [-0.25, -0.2) is 0 Å². The molecule has 0 bridgehead atoms. The van der Waals surface area contributed by atoms with Crippen LogP contribution in [0.15, 0.2) is 48.3 Å². The van der Waals surface area contributed by atoms with Crippen molar-refractivity contribution in [3.8, 4) is 0 Å². The van der Waals surface area contributed by atoms with Crippen molar-refractivity contribution in [2.24, 2.45) is 0 Å². The predicted molar refractivity (Wildman–Crippen MR) is 87.7 cm³/mol. The molecular formula is C18H29NO. The van der Waals surface area contributed by atoms with E-state index in [-0.39, 0.29) is 0 Å². The molecule has 0 spiro atoms. The number of hydrogen-bond donors (Lipinski definition) is 0. The summed E-state index contributed by atoms with van der Waals surface area (Å²) in [5.74, 6) is 1.06. The van der Waals surface area contributed by atoms with Crippen molar-refractivity contribution in [3.63, 3.8) is 0 Å². The lowest BCUT2D eigenvalue weighted by Gasteiger charge is -2.21. The Labute approximate surface area is 124 Å². The molecule has 0 atom stereocenters. The molecule has 1 aliphatic carbocycles. The first-order chi connectivity index (χ1) is 9.86. The highest BCUT2D eigenvalue weighted by Crippen LogP contribution is 2.08. The Morgan fingerprint density at radius 1 is 0.950 bits per heavy atom. The van der Waals surface area contributed by atoms with Crippen LogP contribution in [0.1, 0.15) is 39.5 Å². The van der Waals surface area contributed by atoms with Gasteiger partial charge >= 0.3 is 0 Å². The first kappa shape index (κ1) is 16.8. The van der Waals surface area contributed by atoms with Gasteiger partial charge in [0.15, 0.2) is 0 Å². The Bertz CT molecular complexity index is 346. The smallest absolute Gasteiger partial charge is 0.100 e. The van der Waals surface area contributed by atoms with Crippen molar-refractivity contribution in [2.45, 2.75) is 39.5 Å². The van der Waals surface area contributed by atoms with Crippen molar-refractivity contribution < 1.29 is 4.74 Å². The van der Waals surface area contributed by atoms with Gasteiger partial charge in [-0.2, -0.15) is 0 Å². The number of ether oxygens (including phenoxy) is 1. The van der Waals surface area contributed by atoms with Gasteiger partial charge in [-0.1, -0.05) is 50.3 Å². The molecule has 0 aromatic carbocycles. The van der Waals surface area contributed by atoms with E-state index in [4.69, 9.17) is 4.74 Å². The molecule has 0 heterocycles. The van der Waals surface area contributed by atoms with E-state index in [1.165, 1.54) is 25.9 Å². The van der Waals surface area contributed by atoms with Gasteiger partial charge in [0.2, 0.25) is 0 Å². The third-order valence-electron chi connectivity index (χ3n) is 3.17. The fourth-order valence-electron chi connectivity index (χ4n) is 2.20. The quantitative estimate of drug-likeness (QED) is 0.648. The highest BCUT2D eigenvalue weighted by molar-refractivity contribution is 5.16. The van der Waals surface area contributed by atoms with Crippen LogP contribution in [0.25, 0.3) is 0 Å². The Kier molecular flexibility index (Phi) is 9.68. The topological polar surface area (TPSA) is 12.5 Å². The van der Waals surface area contributed by atoms with E-state index >= 15 is 0 Å². The Hall–Kier alpha value is -1.28. The Balaban J connectivity index is 2.37. The molecule has 0 radical (unpaired) electrons. The lowest BCUT2D eigenvalue weighted by Crippen LogP contribution is -2.29. The van der Waals surface area contributed by atoms with E-state index in [0.717, 1.165) is 31.8 Å². The first-order valence-electron chi connectivity index (χ1n) is 7.89. The molecule has 0 N–H and O–H groups in total. The zero-order valence-electron chi connectivity index (χ0n) is 13.1. The summed E-state index contributed by atoms with van der Waals surface area (Å²) in [5, 5.41) is 0. The first-order valence-corrected chi connectivity index (χ1v) is 7.89. The van der Waals surface area contributed by atoms with Crippen molar-refractivity contribution in [3.05, 3.63) is 48.3 Å². The van der Waals surface area contributed by atoms with Crippen molar-refractivity contribution >= 4 is 0 Å². The van der Waals surface area contributed by atoms with Gasteiger partial charge < -0.3 is 4.74 Å². The summed E-state index contributed by atoms with van der Waals surface area (Å²) in [6.45, 7) is 8.60. The second-order valence-corrected chi connectivity index (χ2v) is 5.05. The van der Waals surface area contributed by atoms with Gasteiger partial charge in [0.1, 0.15) is 6.61 Å². The Morgan fingerprint density at radius 2 is 1.65 bits per heavy atom. The molecule has 0 amide bonds. The molecule has 0 aromatic heterocycles. The second kappa shape index (κ2) is 11.5. The molecule has 1 aliphatic rings. The molecule has 1 rings (SSSR count). The number of nitrogens with zero attached hydrogens (tertiary/aromatic N) is 1. The summed E-state index contributed by atoms with van der Waals surface area (Å²) in [6, 6.07) is 0. The largest absolute Gasteiger partial charge is 0.496 e. The van der Waals surface area contributed by atoms with Crippen LogP contribution in [0, 0.1) is 0 Å². The van der Waals surface area contributed by atoms with Gasteiger partial charge in [0.05, 0.1) is 5.76 Å². The van der Waals surface area contributed by atoms with E-state index < -0.39 is 0 Å². The lowest BCUT2D eigenvalue weighted by molar-refractivity contribution is 0.154. The minimum Gasteiger partial charge on any atom is -0.496 e. The van der Waals surface area contributed by atoms with Crippen LogP contribution in [-0.2, 0) is 4.74 Å². The maximum atomic E-state index is 5.93. The summed E-state index contributed by atoms with van der Waals surface area (Å²) in [7, 11) is 0. The summed E-state index contributed by atoms with van der Waals surface area (Å²) < 4.78 is 5.93. The second-order valence-electron chi connectivity index (χ2n) is 5.05. The maximum Gasteiger partial charge on any atom is 0.100 e. The van der Waals surface area contributed by atoms with Crippen molar-refractivity contribution in [1.82, 2.24) is 4.90 Å². The zero-order valence-corrected chi connectivity index (χ0v) is 13.1. The van der Waals surface area contributed by atoms with Crippen LogP contribution in [0.3, 0.4) is 0 Å². The molecule has 0 saturated heterocycles. The molecule has 0 aliphatic heterocycles. The third kappa shape index (κ3) is 8.00. The number of allylic oxidation sites excluding steroid dienone is 7. The molecule has 0 saturated carbocycles. The number of hydrogen-bond acceptors (Lipinski definition) is 2. The SMILES string of the molecule is CCCN(CCC)CCO/C1=C/C=C\C/C=C\C=C/C1. The molecule has 0 aromatic rings. The van der Waals surface area contributed by atoms with Crippen LogP contribution in [0.4, 0.5) is 0 Å². The number of rotatable bonds is 8. The zero-order chi connectivity index (χ0) is 14.5. The van der Waals surface area contributed by atoms with Crippen LogP contribution >= 0.6 is 0 Å². The average molecular weight is 275 g/mol. The summed E-state index contributed by atoms with van der Waals surface area (Å²) in [5.41, 5.74) is 0. The van der Waals surface area contributed by atoms with E-state index in [1.807, 2.05) is 0 Å². The standard InChI is InChI=1S/C18H29NO/c1-3-14-19(15-4-2)16-17-20-18-12-10-8-6-5-7-9-11-13-18/h5-6,8-11,13H,3-4,7,12,14-17H2,1-2H3/b6-5-,10-8-,11-9-,18-13+. The molecule has 2 heteroatoms.